The zero-order valence-corrected chi connectivity index (χ0v) is 8.51. The molecule has 0 saturated carbocycles. The van der Waals surface area contributed by atoms with Crippen molar-refractivity contribution in [3.63, 3.8) is 0 Å². The lowest BCUT2D eigenvalue weighted by molar-refractivity contribution is -0.140. The molecule has 0 aliphatic carbocycles. The van der Waals surface area contributed by atoms with E-state index in [1.54, 1.807) is 0 Å². The highest BCUT2D eigenvalue weighted by Gasteiger charge is 2.07. The molecule has 0 aliphatic heterocycles. The molecule has 4 nitrogen and oxygen atoms in total. The molecular formula is C11H13NO3. The van der Waals surface area contributed by atoms with Gasteiger partial charge in [-0.15, -0.1) is 0 Å². The summed E-state index contributed by atoms with van der Waals surface area (Å²) >= 11 is 0. The number of benzene rings is 1. The molecule has 0 saturated heterocycles. The van der Waals surface area contributed by atoms with E-state index in [1.165, 1.54) is 7.11 Å². The maximum absolute atomic E-state index is 10.9. The number of oxime groups is 1. The van der Waals surface area contributed by atoms with E-state index < -0.39 is 0 Å². The van der Waals surface area contributed by atoms with Crippen molar-refractivity contribution in [1.82, 2.24) is 0 Å². The minimum absolute atomic E-state index is 0.213. The van der Waals surface area contributed by atoms with E-state index in [0.29, 0.717) is 12.1 Å². The zero-order chi connectivity index (χ0) is 11.1. The molecule has 1 N–H and O–H groups in total. The fourth-order valence-corrected chi connectivity index (χ4v) is 1.21. The number of hydrogen-bond donors (Lipinski definition) is 1. The van der Waals surface area contributed by atoms with E-state index in [9.17, 15) is 4.79 Å². The Kier molecular flexibility index (Phi) is 4.34. The van der Waals surface area contributed by atoms with Crippen molar-refractivity contribution >= 4 is 11.7 Å². The molecule has 0 atom stereocenters. The number of carbonyl (C=O) groups excluding carboxylic acids is 1. The lowest BCUT2D eigenvalue weighted by Crippen LogP contribution is -2.07. The monoisotopic (exact) mass is 207 g/mol. The summed E-state index contributed by atoms with van der Waals surface area (Å²) in [5.41, 5.74) is 1.30. The Bertz CT molecular complexity index is 346. The Morgan fingerprint density at radius 2 is 2.00 bits per heavy atom. The van der Waals surface area contributed by atoms with Gasteiger partial charge in [0.05, 0.1) is 19.2 Å². The van der Waals surface area contributed by atoms with Crippen LogP contribution in [0, 0.1) is 0 Å². The van der Waals surface area contributed by atoms with Crippen LogP contribution in [0.4, 0.5) is 0 Å². The van der Waals surface area contributed by atoms with E-state index in [1.807, 2.05) is 30.3 Å². The molecule has 15 heavy (non-hydrogen) atoms. The van der Waals surface area contributed by atoms with E-state index in [2.05, 4.69) is 9.89 Å². The average molecular weight is 207 g/mol. The molecule has 0 amide bonds. The molecule has 0 spiro atoms. The lowest BCUT2D eigenvalue weighted by atomic mass is 10.1. The lowest BCUT2D eigenvalue weighted by Gasteiger charge is -2.03. The van der Waals surface area contributed by atoms with Gasteiger partial charge in [-0.2, -0.15) is 0 Å². The molecule has 0 bridgehead atoms. The fraction of sp³-hybridized carbons (Fsp3) is 0.273. The van der Waals surface area contributed by atoms with Crippen LogP contribution >= 0.6 is 0 Å². The summed E-state index contributed by atoms with van der Waals surface area (Å²) in [6.45, 7) is 0. The molecule has 0 aromatic heterocycles. The molecular weight excluding hydrogens is 194 g/mol. The van der Waals surface area contributed by atoms with Crippen LogP contribution in [-0.2, 0) is 9.53 Å². The standard InChI is InChI=1S/C11H13NO3/c1-15-11(13)8-7-10(12-14)9-5-3-2-4-6-9/h2-6,14H,7-8H2,1H3. The minimum atomic E-state index is -0.313. The van der Waals surface area contributed by atoms with Gasteiger partial charge in [0, 0.05) is 6.42 Å². The third-order valence-electron chi connectivity index (χ3n) is 2.02. The predicted octanol–water partition coefficient (Wildman–Crippen LogP) is 1.82. The van der Waals surface area contributed by atoms with Gasteiger partial charge in [0.25, 0.3) is 0 Å². The molecule has 1 rings (SSSR count). The van der Waals surface area contributed by atoms with Crippen LogP contribution in [0.1, 0.15) is 18.4 Å². The maximum Gasteiger partial charge on any atom is 0.305 e. The first-order chi connectivity index (χ1) is 7.27. The number of methoxy groups -OCH3 is 1. The van der Waals surface area contributed by atoms with Gasteiger partial charge < -0.3 is 9.94 Å². The van der Waals surface area contributed by atoms with E-state index in [4.69, 9.17) is 5.21 Å². The topological polar surface area (TPSA) is 58.9 Å². The molecule has 80 valence electrons. The van der Waals surface area contributed by atoms with Crippen molar-refractivity contribution in [2.24, 2.45) is 5.16 Å². The van der Waals surface area contributed by atoms with Gasteiger partial charge in [0.15, 0.2) is 0 Å². The third kappa shape index (κ3) is 3.42. The van der Waals surface area contributed by atoms with Gasteiger partial charge in [-0.25, -0.2) is 0 Å². The van der Waals surface area contributed by atoms with Crippen LogP contribution in [0.5, 0.6) is 0 Å². The second kappa shape index (κ2) is 5.80. The summed E-state index contributed by atoms with van der Waals surface area (Å²) in [5, 5.41) is 12.0. The first kappa shape index (κ1) is 11.2. The highest BCUT2D eigenvalue weighted by atomic mass is 16.5. The van der Waals surface area contributed by atoms with Gasteiger partial charge in [-0.1, -0.05) is 35.5 Å². The summed E-state index contributed by atoms with van der Waals surface area (Å²) < 4.78 is 4.51. The third-order valence-corrected chi connectivity index (χ3v) is 2.02. The normalized spacial score (nSPS) is 11.1. The highest BCUT2D eigenvalue weighted by molar-refractivity contribution is 6.01. The Hall–Kier alpha value is -1.84. The van der Waals surface area contributed by atoms with Crippen molar-refractivity contribution < 1.29 is 14.7 Å². The van der Waals surface area contributed by atoms with Gasteiger partial charge in [-0.05, 0) is 5.56 Å². The molecule has 0 fully saturated rings. The van der Waals surface area contributed by atoms with E-state index >= 15 is 0 Å². The Labute approximate surface area is 88.2 Å². The Balaban J connectivity index is 2.63. The first-order valence-electron chi connectivity index (χ1n) is 4.61. The molecule has 0 radical (unpaired) electrons. The molecule has 0 aliphatic rings. The summed E-state index contributed by atoms with van der Waals surface area (Å²) in [6.07, 6.45) is 0.581. The molecule has 4 heteroatoms. The quantitative estimate of drug-likeness (QED) is 0.354. The van der Waals surface area contributed by atoms with Crippen molar-refractivity contribution in [3.8, 4) is 0 Å². The van der Waals surface area contributed by atoms with Crippen molar-refractivity contribution in [1.29, 1.82) is 0 Å². The SMILES string of the molecule is COC(=O)CCC(=NO)c1ccccc1. The van der Waals surface area contributed by atoms with Gasteiger partial charge >= 0.3 is 5.97 Å². The molecule has 0 heterocycles. The van der Waals surface area contributed by atoms with Crippen molar-refractivity contribution in [3.05, 3.63) is 35.9 Å². The van der Waals surface area contributed by atoms with Crippen molar-refractivity contribution in [2.45, 2.75) is 12.8 Å². The number of hydrogen-bond acceptors (Lipinski definition) is 4. The summed E-state index contributed by atoms with van der Waals surface area (Å²) in [6, 6.07) is 9.22. The molecule has 1 aromatic carbocycles. The van der Waals surface area contributed by atoms with Gasteiger partial charge in [0.1, 0.15) is 0 Å². The van der Waals surface area contributed by atoms with E-state index in [-0.39, 0.29) is 12.4 Å². The van der Waals surface area contributed by atoms with Gasteiger partial charge in [0.2, 0.25) is 0 Å². The van der Waals surface area contributed by atoms with Crippen LogP contribution in [0.25, 0.3) is 0 Å². The number of rotatable bonds is 4. The number of nitrogens with zero attached hydrogens (tertiary/aromatic N) is 1. The predicted molar refractivity (Wildman–Crippen MR) is 56.0 cm³/mol. The fourth-order valence-electron chi connectivity index (χ4n) is 1.21. The number of esters is 1. The van der Waals surface area contributed by atoms with Crippen LogP contribution in [-0.4, -0.2) is 24.0 Å². The summed E-state index contributed by atoms with van der Waals surface area (Å²) in [7, 11) is 1.33. The second-order valence-corrected chi connectivity index (χ2v) is 2.99. The number of carbonyl (C=O) groups is 1. The van der Waals surface area contributed by atoms with Crippen LogP contribution in [0.2, 0.25) is 0 Å². The van der Waals surface area contributed by atoms with E-state index in [0.717, 1.165) is 5.56 Å². The number of ether oxygens (including phenoxy) is 1. The molecule has 1 aromatic rings. The summed E-state index contributed by atoms with van der Waals surface area (Å²) in [4.78, 5) is 10.9. The van der Waals surface area contributed by atoms with Crippen LogP contribution in [0.3, 0.4) is 0 Å². The highest BCUT2D eigenvalue weighted by Crippen LogP contribution is 2.06. The first-order valence-corrected chi connectivity index (χ1v) is 4.61. The second-order valence-electron chi connectivity index (χ2n) is 2.99. The van der Waals surface area contributed by atoms with Crippen molar-refractivity contribution in [2.75, 3.05) is 7.11 Å². The van der Waals surface area contributed by atoms with Crippen LogP contribution in [0.15, 0.2) is 35.5 Å². The summed E-state index contributed by atoms with van der Waals surface area (Å²) in [5.74, 6) is -0.313. The average Bonchev–Trinajstić information content (AvgIpc) is 2.31. The Morgan fingerprint density at radius 3 is 2.53 bits per heavy atom. The maximum atomic E-state index is 10.9. The molecule has 0 unspecified atom stereocenters. The van der Waals surface area contributed by atoms with Gasteiger partial charge in [-0.3, -0.25) is 4.79 Å². The largest absolute Gasteiger partial charge is 0.469 e. The Morgan fingerprint density at radius 1 is 1.33 bits per heavy atom. The smallest absolute Gasteiger partial charge is 0.305 e. The zero-order valence-electron chi connectivity index (χ0n) is 8.51. The van der Waals surface area contributed by atoms with Crippen LogP contribution < -0.4 is 0 Å². The minimum Gasteiger partial charge on any atom is -0.469 e.